The van der Waals surface area contributed by atoms with Crippen molar-refractivity contribution in [2.24, 2.45) is 5.92 Å². The van der Waals surface area contributed by atoms with Crippen molar-refractivity contribution in [2.75, 3.05) is 11.9 Å². The van der Waals surface area contributed by atoms with Crippen LogP contribution in [0.2, 0.25) is 0 Å². The maximum atomic E-state index is 12.6. The van der Waals surface area contributed by atoms with Gasteiger partial charge in [0.05, 0.1) is 11.6 Å². The zero-order valence-electron chi connectivity index (χ0n) is 15.8. The number of nitriles is 1. The summed E-state index contributed by atoms with van der Waals surface area (Å²) in [5, 5.41) is 15.1. The monoisotopic (exact) mass is 371 g/mol. The van der Waals surface area contributed by atoms with E-state index in [2.05, 4.69) is 26.7 Å². The summed E-state index contributed by atoms with van der Waals surface area (Å²) in [6.45, 7) is 4.63. The minimum absolute atomic E-state index is 0.248. The minimum Gasteiger partial charge on any atom is -0.350 e. The van der Waals surface area contributed by atoms with Gasteiger partial charge in [0, 0.05) is 23.9 Å². The lowest BCUT2D eigenvalue weighted by Crippen LogP contribution is -2.28. The van der Waals surface area contributed by atoms with E-state index in [1.807, 2.05) is 50.2 Å². The summed E-state index contributed by atoms with van der Waals surface area (Å²) >= 11 is 0. The van der Waals surface area contributed by atoms with E-state index in [0.29, 0.717) is 35.4 Å². The molecule has 6 nitrogen and oxygen atoms in total. The number of aromatic nitrogens is 2. The van der Waals surface area contributed by atoms with E-state index in [4.69, 9.17) is 5.26 Å². The second-order valence-corrected chi connectivity index (χ2v) is 6.75. The summed E-state index contributed by atoms with van der Waals surface area (Å²) < 4.78 is 0. The van der Waals surface area contributed by atoms with Crippen LogP contribution in [0, 0.1) is 17.2 Å². The third-order valence-corrected chi connectivity index (χ3v) is 3.93. The Bertz CT molecular complexity index is 1010. The standard InChI is InChI=1S/C22H21N5O/c1-15(2)14-24-22(28)19-12-20(25-18-10-6-7-16(11-18)13-23)27-21(26-19)17-8-4-3-5-9-17/h3-12,15H,14H2,1-2H3,(H,24,28)(H,25,26,27). The highest BCUT2D eigenvalue weighted by molar-refractivity contribution is 5.93. The fraction of sp³-hybridized carbons (Fsp3) is 0.182. The summed E-state index contributed by atoms with van der Waals surface area (Å²) in [5.41, 5.74) is 2.35. The van der Waals surface area contributed by atoms with Gasteiger partial charge in [-0.3, -0.25) is 4.79 Å². The van der Waals surface area contributed by atoms with Gasteiger partial charge in [-0.1, -0.05) is 50.2 Å². The number of carbonyl (C=O) groups is 1. The Kier molecular flexibility index (Phi) is 5.97. The van der Waals surface area contributed by atoms with Crippen LogP contribution >= 0.6 is 0 Å². The second kappa shape index (κ2) is 8.78. The van der Waals surface area contributed by atoms with Crippen LogP contribution in [0.3, 0.4) is 0 Å². The van der Waals surface area contributed by atoms with Gasteiger partial charge in [0.25, 0.3) is 5.91 Å². The van der Waals surface area contributed by atoms with Crippen LogP contribution in [-0.4, -0.2) is 22.4 Å². The molecule has 140 valence electrons. The molecule has 3 aromatic rings. The molecule has 0 aliphatic heterocycles. The molecule has 2 aromatic carbocycles. The maximum Gasteiger partial charge on any atom is 0.270 e. The number of carbonyl (C=O) groups excluding carboxylic acids is 1. The molecule has 0 radical (unpaired) electrons. The largest absolute Gasteiger partial charge is 0.350 e. The Balaban J connectivity index is 1.97. The molecular formula is C22H21N5O. The minimum atomic E-state index is -0.248. The van der Waals surface area contributed by atoms with Gasteiger partial charge in [0.1, 0.15) is 11.5 Å². The Morgan fingerprint density at radius 2 is 1.86 bits per heavy atom. The fourth-order valence-corrected chi connectivity index (χ4v) is 2.55. The first-order chi connectivity index (χ1) is 13.5. The van der Waals surface area contributed by atoms with Crippen LogP contribution < -0.4 is 10.6 Å². The molecule has 0 saturated carbocycles. The van der Waals surface area contributed by atoms with Crippen molar-refractivity contribution in [3.05, 3.63) is 71.9 Å². The highest BCUT2D eigenvalue weighted by Gasteiger charge is 2.13. The van der Waals surface area contributed by atoms with Gasteiger partial charge in [-0.2, -0.15) is 5.26 Å². The van der Waals surface area contributed by atoms with E-state index in [0.717, 1.165) is 5.56 Å². The number of hydrogen-bond acceptors (Lipinski definition) is 5. The first kappa shape index (κ1) is 19.1. The number of benzene rings is 2. The van der Waals surface area contributed by atoms with E-state index < -0.39 is 0 Å². The van der Waals surface area contributed by atoms with Crippen LogP contribution in [0.4, 0.5) is 11.5 Å². The summed E-state index contributed by atoms with van der Waals surface area (Å²) in [4.78, 5) is 21.6. The van der Waals surface area contributed by atoms with Gasteiger partial charge in [0.2, 0.25) is 0 Å². The summed E-state index contributed by atoms with van der Waals surface area (Å²) in [6.07, 6.45) is 0. The molecule has 0 aliphatic carbocycles. The number of hydrogen-bond donors (Lipinski definition) is 2. The number of nitrogens with one attached hydrogen (secondary N) is 2. The van der Waals surface area contributed by atoms with Crippen molar-refractivity contribution in [3.63, 3.8) is 0 Å². The van der Waals surface area contributed by atoms with E-state index in [1.54, 1.807) is 24.3 Å². The normalized spacial score (nSPS) is 10.4. The molecule has 0 bridgehead atoms. The van der Waals surface area contributed by atoms with Crippen LogP contribution in [0.25, 0.3) is 11.4 Å². The van der Waals surface area contributed by atoms with Crippen molar-refractivity contribution in [1.29, 1.82) is 5.26 Å². The lowest BCUT2D eigenvalue weighted by atomic mass is 10.2. The molecule has 1 amide bonds. The molecule has 0 atom stereocenters. The summed E-state index contributed by atoms with van der Waals surface area (Å²) in [7, 11) is 0. The van der Waals surface area contributed by atoms with Gasteiger partial charge in [-0.25, -0.2) is 9.97 Å². The van der Waals surface area contributed by atoms with Crippen molar-refractivity contribution in [1.82, 2.24) is 15.3 Å². The van der Waals surface area contributed by atoms with Gasteiger partial charge in [-0.15, -0.1) is 0 Å². The first-order valence-corrected chi connectivity index (χ1v) is 9.05. The van der Waals surface area contributed by atoms with Gasteiger partial charge in [0.15, 0.2) is 5.82 Å². The molecule has 6 heteroatoms. The second-order valence-electron chi connectivity index (χ2n) is 6.75. The summed E-state index contributed by atoms with van der Waals surface area (Å²) in [6, 6.07) is 20.3. The number of anilines is 2. The maximum absolute atomic E-state index is 12.6. The third kappa shape index (κ3) is 4.92. The van der Waals surface area contributed by atoms with Gasteiger partial charge in [-0.05, 0) is 24.1 Å². The number of rotatable bonds is 6. The number of nitrogens with zero attached hydrogens (tertiary/aromatic N) is 3. The predicted octanol–water partition coefficient (Wildman–Crippen LogP) is 4.14. The highest BCUT2D eigenvalue weighted by atomic mass is 16.1. The van der Waals surface area contributed by atoms with Gasteiger partial charge < -0.3 is 10.6 Å². The van der Waals surface area contributed by atoms with Crippen molar-refractivity contribution in [2.45, 2.75) is 13.8 Å². The molecule has 28 heavy (non-hydrogen) atoms. The van der Waals surface area contributed by atoms with Crippen LogP contribution in [0.1, 0.15) is 29.9 Å². The molecular weight excluding hydrogens is 350 g/mol. The third-order valence-electron chi connectivity index (χ3n) is 3.93. The Hall–Kier alpha value is -3.72. The Morgan fingerprint density at radius 1 is 1.07 bits per heavy atom. The van der Waals surface area contributed by atoms with E-state index in [9.17, 15) is 4.79 Å². The summed E-state index contributed by atoms with van der Waals surface area (Å²) in [5.74, 6) is 1.03. The Labute approximate surface area is 164 Å². The van der Waals surface area contributed by atoms with Crippen molar-refractivity contribution in [3.8, 4) is 17.5 Å². The van der Waals surface area contributed by atoms with Gasteiger partial charge >= 0.3 is 0 Å². The molecule has 2 N–H and O–H groups in total. The molecule has 1 heterocycles. The molecule has 0 spiro atoms. The average molecular weight is 371 g/mol. The predicted molar refractivity (Wildman–Crippen MR) is 109 cm³/mol. The first-order valence-electron chi connectivity index (χ1n) is 9.05. The zero-order valence-corrected chi connectivity index (χ0v) is 15.8. The van der Waals surface area contributed by atoms with Crippen LogP contribution in [0.15, 0.2) is 60.7 Å². The van der Waals surface area contributed by atoms with E-state index in [-0.39, 0.29) is 11.6 Å². The lowest BCUT2D eigenvalue weighted by molar-refractivity contribution is 0.0944. The Morgan fingerprint density at radius 3 is 2.57 bits per heavy atom. The fourth-order valence-electron chi connectivity index (χ4n) is 2.55. The molecule has 0 fully saturated rings. The topological polar surface area (TPSA) is 90.7 Å². The van der Waals surface area contributed by atoms with Crippen LogP contribution in [-0.2, 0) is 0 Å². The average Bonchev–Trinajstić information content (AvgIpc) is 2.72. The molecule has 0 aliphatic rings. The molecule has 3 rings (SSSR count). The number of amides is 1. The van der Waals surface area contributed by atoms with Crippen molar-refractivity contribution >= 4 is 17.4 Å². The zero-order chi connectivity index (χ0) is 19.9. The quantitative estimate of drug-likeness (QED) is 0.679. The van der Waals surface area contributed by atoms with E-state index >= 15 is 0 Å². The van der Waals surface area contributed by atoms with E-state index in [1.165, 1.54) is 0 Å². The van der Waals surface area contributed by atoms with Crippen molar-refractivity contribution < 1.29 is 4.79 Å². The smallest absolute Gasteiger partial charge is 0.270 e. The lowest BCUT2D eigenvalue weighted by Gasteiger charge is -2.11. The molecule has 0 saturated heterocycles. The highest BCUT2D eigenvalue weighted by Crippen LogP contribution is 2.21. The van der Waals surface area contributed by atoms with Crippen LogP contribution in [0.5, 0.6) is 0 Å². The SMILES string of the molecule is CC(C)CNC(=O)c1cc(Nc2cccc(C#N)c2)nc(-c2ccccc2)n1. The molecule has 1 aromatic heterocycles. The molecule has 0 unspecified atom stereocenters.